The Morgan fingerprint density at radius 1 is 0.816 bits per heavy atom. The van der Waals surface area contributed by atoms with Crippen molar-refractivity contribution in [1.29, 1.82) is 0 Å². The van der Waals surface area contributed by atoms with Crippen molar-refractivity contribution in [2.45, 2.75) is 142 Å². The van der Waals surface area contributed by atoms with E-state index in [2.05, 4.69) is 19.9 Å². The van der Waals surface area contributed by atoms with Crippen LogP contribution in [0.5, 0.6) is 0 Å². The Balaban J connectivity index is 1.43. The van der Waals surface area contributed by atoms with Crippen molar-refractivity contribution >= 4 is 7.82 Å². The number of hydrogen-bond donors (Lipinski definition) is 1. The lowest BCUT2D eigenvalue weighted by Crippen LogP contribution is -2.52. The first-order chi connectivity index (χ1) is 18.5. The zero-order valence-corrected chi connectivity index (χ0v) is 25.9. The standard InChI is InChI=1S/C31H60NO5P/c1-3-5-6-7-8-9-10-11-12-13-14-16-19-30-20-22-31(23-21-30)35-28-29-37-38(33,34)36-27-26-32(4-2)24-17-15-18-25-32/h19,31H,3-18,20-29H2,1-2H3/p+1. The Labute approximate surface area is 235 Å². The number of piperidine rings is 1. The first-order valence-corrected chi connectivity index (χ1v) is 17.7. The van der Waals surface area contributed by atoms with Crippen LogP contribution in [0.1, 0.15) is 136 Å². The summed E-state index contributed by atoms with van der Waals surface area (Å²) in [6.07, 6.45) is 27.3. The molecule has 38 heavy (non-hydrogen) atoms. The van der Waals surface area contributed by atoms with Crippen molar-refractivity contribution in [1.82, 2.24) is 0 Å². The second-order valence-electron chi connectivity index (χ2n) is 11.8. The normalized spacial score (nSPS) is 21.3. The third-order valence-corrected chi connectivity index (χ3v) is 9.78. The Kier molecular flexibility index (Phi) is 18.4. The van der Waals surface area contributed by atoms with E-state index >= 15 is 0 Å². The average molecular weight is 559 g/mol. The van der Waals surface area contributed by atoms with Gasteiger partial charge in [0.05, 0.1) is 39.0 Å². The molecule has 2 rings (SSSR count). The van der Waals surface area contributed by atoms with Gasteiger partial charge in [-0.25, -0.2) is 4.57 Å². The molecule has 1 saturated carbocycles. The molecule has 0 bridgehead atoms. The maximum atomic E-state index is 12.2. The minimum Gasteiger partial charge on any atom is -0.376 e. The van der Waals surface area contributed by atoms with Gasteiger partial charge in [0, 0.05) is 0 Å². The van der Waals surface area contributed by atoms with Crippen LogP contribution in [0.15, 0.2) is 11.6 Å². The molecule has 0 spiro atoms. The van der Waals surface area contributed by atoms with Gasteiger partial charge in [-0.2, -0.15) is 0 Å². The molecule has 1 aliphatic heterocycles. The Morgan fingerprint density at radius 3 is 2.00 bits per heavy atom. The second kappa shape index (κ2) is 20.6. The number of unbranched alkanes of at least 4 members (excludes halogenated alkanes) is 11. The van der Waals surface area contributed by atoms with Gasteiger partial charge in [0.2, 0.25) is 0 Å². The van der Waals surface area contributed by atoms with E-state index in [0.29, 0.717) is 6.61 Å². The second-order valence-corrected chi connectivity index (χ2v) is 13.2. The van der Waals surface area contributed by atoms with Crippen LogP contribution in [0.4, 0.5) is 0 Å². The van der Waals surface area contributed by atoms with Gasteiger partial charge in [-0.15, -0.1) is 0 Å². The average Bonchev–Trinajstić information content (AvgIpc) is 2.93. The van der Waals surface area contributed by atoms with Gasteiger partial charge >= 0.3 is 7.82 Å². The molecule has 1 N–H and O–H groups in total. The number of likely N-dealkylation sites (tertiary alicyclic amines) is 1. The van der Waals surface area contributed by atoms with Crippen molar-refractivity contribution in [2.24, 2.45) is 0 Å². The van der Waals surface area contributed by atoms with Gasteiger partial charge in [-0.1, -0.05) is 82.8 Å². The van der Waals surface area contributed by atoms with Crippen LogP contribution < -0.4 is 0 Å². The summed E-state index contributed by atoms with van der Waals surface area (Å²) in [4.78, 5) is 10.0. The molecule has 2 fully saturated rings. The number of likely N-dealkylation sites (N-methyl/N-ethyl adjacent to an activating group) is 1. The SMILES string of the molecule is CCCCCCCCCCCCCC=C1CCC(OCCOP(=O)(O)OCC[N+]2(CC)CCCCC2)CC1. The lowest BCUT2D eigenvalue weighted by Gasteiger charge is -2.40. The molecule has 0 aromatic carbocycles. The molecule has 0 amide bonds. The number of rotatable bonds is 22. The predicted molar refractivity (Wildman–Crippen MR) is 158 cm³/mol. The summed E-state index contributed by atoms with van der Waals surface area (Å²) in [5.74, 6) is 0. The maximum Gasteiger partial charge on any atom is 0.472 e. The number of hydrogen-bond acceptors (Lipinski definition) is 4. The van der Waals surface area contributed by atoms with E-state index < -0.39 is 7.82 Å². The van der Waals surface area contributed by atoms with Gasteiger partial charge in [0.15, 0.2) is 0 Å². The van der Waals surface area contributed by atoms with Crippen LogP contribution in [-0.4, -0.2) is 61.5 Å². The summed E-state index contributed by atoms with van der Waals surface area (Å²) < 4.78 is 29.6. The molecule has 6 nitrogen and oxygen atoms in total. The highest BCUT2D eigenvalue weighted by Gasteiger charge is 2.30. The van der Waals surface area contributed by atoms with Crippen molar-refractivity contribution in [3.8, 4) is 0 Å². The molecular formula is C31H61NO5P+. The van der Waals surface area contributed by atoms with Gasteiger partial charge in [-0.3, -0.25) is 9.05 Å². The van der Waals surface area contributed by atoms with E-state index in [1.54, 1.807) is 5.57 Å². The summed E-state index contributed by atoms with van der Waals surface area (Å²) in [5.41, 5.74) is 1.59. The van der Waals surface area contributed by atoms with E-state index in [1.807, 2.05) is 0 Å². The fourth-order valence-electron chi connectivity index (χ4n) is 6.08. The van der Waals surface area contributed by atoms with Crippen molar-refractivity contribution in [3.63, 3.8) is 0 Å². The Hall–Kier alpha value is -0.230. The van der Waals surface area contributed by atoms with Crippen molar-refractivity contribution < 1.29 is 27.7 Å². The summed E-state index contributed by atoms with van der Waals surface area (Å²) in [6, 6.07) is 0. The van der Waals surface area contributed by atoms with Crippen LogP contribution in [0.3, 0.4) is 0 Å². The van der Waals surface area contributed by atoms with Gasteiger partial charge in [-0.05, 0) is 64.7 Å². The zero-order chi connectivity index (χ0) is 27.4. The predicted octanol–water partition coefficient (Wildman–Crippen LogP) is 8.73. The molecule has 224 valence electrons. The van der Waals surface area contributed by atoms with E-state index in [1.165, 1.54) is 96.3 Å². The highest BCUT2D eigenvalue weighted by molar-refractivity contribution is 7.47. The molecule has 1 saturated heterocycles. The monoisotopic (exact) mass is 558 g/mol. The number of quaternary nitrogens is 1. The largest absolute Gasteiger partial charge is 0.472 e. The number of allylic oxidation sites excluding steroid dienone is 2. The van der Waals surface area contributed by atoms with E-state index in [4.69, 9.17) is 13.8 Å². The molecule has 7 heteroatoms. The molecule has 1 aliphatic carbocycles. The fraction of sp³-hybridized carbons (Fsp3) is 0.935. The van der Waals surface area contributed by atoms with Crippen LogP contribution >= 0.6 is 7.82 Å². The maximum absolute atomic E-state index is 12.2. The smallest absolute Gasteiger partial charge is 0.376 e. The molecule has 1 unspecified atom stereocenters. The molecule has 1 atom stereocenters. The number of nitrogens with zero attached hydrogens (tertiary/aromatic N) is 1. The molecular weight excluding hydrogens is 497 g/mol. The number of phosphoric acid groups is 1. The number of phosphoric ester groups is 1. The quantitative estimate of drug-likeness (QED) is 0.0623. The number of ether oxygens (including phenoxy) is 1. The zero-order valence-electron chi connectivity index (χ0n) is 25.0. The van der Waals surface area contributed by atoms with E-state index in [0.717, 1.165) is 56.3 Å². The van der Waals surface area contributed by atoms with Crippen LogP contribution in [0, 0.1) is 0 Å². The van der Waals surface area contributed by atoms with Crippen LogP contribution in [0.25, 0.3) is 0 Å². The third kappa shape index (κ3) is 15.5. The van der Waals surface area contributed by atoms with Crippen molar-refractivity contribution in [2.75, 3.05) is 46.0 Å². The Bertz CT molecular complexity index is 655. The summed E-state index contributed by atoms with van der Waals surface area (Å²) in [5, 5.41) is 0. The minimum atomic E-state index is -4.01. The first-order valence-electron chi connectivity index (χ1n) is 16.2. The van der Waals surface area contributed by atoms with Crippen LogP contribution in [0.2, 0.25) is 0 Å². The van der Waals surface area contributed by atoms with Gasteiger partial charge in [0.1, 0.15) is 13.2 Å². The summed E-state index contributed by atoms with van der Waals surface area (Å²) in [7, 11) is -4.01. The lowest BCUT2D eigenvalue weighted by molar-refractivity contribution is -0.930. The minimum absolute atomic E-state index is 0.0968. The van der Waals surface area contributed by atoms with Crippen molar-refractivity contribution in [3.05, 3.63) is 11.6 Å². The first kappa shape index (κ1) is 34.0. The van der Waals surface area contributed by atoms with Gasteiger partial charge < -0.3 is 14.1 Å². The summed E-state index contributed by atoms with van der Waals surface area (Å²) in [6.45, 7) is 9.28. The Morgan fingerprint density at radius 2 is 1.39 bits per heavy atom. The fourth-order valence-corrected chi connectivity index (χ4v) is 6.78. The van der Waals surface area contributed by atoms with E-state index in [9.17, 15) is 9.46 Å². The topological polar surface area (TPSA) is 65.0 Å². The third-order valence-electron chi connectivity index (χ3n) is 8.76. The van der Waals surface area contributed by atoms with E-state index in [-0.39, 0.29) is 19.3 Å². The molecule has 1 heterocycles. The summed E-state index contributed by atoms with van der Waals surface area (Å²) >= 11 is 0. The molecule has 2 aliphatic rings. The van der Waals surface area contributed by atoms with Gasteiger partial charge in [0.25, 0.3) is 0 Å². The highest BCUT2D eigenvalue weighted by Crippen LogP contribution is 2.43. The van der Waals surface area contributed by atoms with Crippen LogP contribution in [-0.2, 0) is 18.3 Å². The highest BCUT2D eigenvalue weighted by atomic mass is 31.2. The molecule has 0 aromatic rings. The molecule has 0 radical (unpaired) electrons. The molecule has 0 aromatic heterocycles. The lowest BCUT2D eigenvalue weighted by atomic mass is 9.91.